The van der Waals surface area contributed by atoms with Gasteiger partial charge in [0.25, 0.3) is 5.91 Å². The Balaban J connectivity index is 2.28. The average molecular weight is 381 g/mol. The van der Waals surface area contributed by atoms with Crippen molar-refractivity contribution in [1.82, 2.24) is 4.90 Å². The van der Waals surface area contributed by atoms with Crippen LogP contribution < -0.4 is 4.74 Å². The van der Waals surface area contributed by atoms with Crippen molar-refractivity contribution in [2.45, 2.75) is 26.3 Å². The molecule has 0 spiro atoms. The normalized spacial score (nSPS) is 18.3. The predicted octanol–water partition coefficient (Wildman–Crippen LogP) is 1.58. The van der Waals surface area contributed by atoms with E-state index < -0.39 is 22.4 Å². The van der Waals surface area contributed by atoms with E-state index in [9.17, 15) is 18.0 Å². The average Bonchev–Trinajstić information content (AvgIpc) is 2.90. The minimum atomic E-state index is -3.12. The highest BCUT2D eigenvalue weighted by Crippen LogP contribution is 2.27. The minimum absolute atomic E-state index is 0.0374. The van der Waals surface area contributed by atoms with Crippen LogP contribution >= 0.6 is 0 Å². The Kier molecular flexibility index (Phi) is 6.07. The number of nitrogens with zero attached hydrogens (tertiary/aromatic N) is 1. The van der Waals surface area contributed by atoms with Crippen LogP contribution in [0.3, 0.4) is 0 Å². The Morgan fingerprint density at radius 1 is 1.35 bits per heavy atom. The molecule has 1 saturated heterocycles. The summed E-state index contributed by atoms with van der Waals surface area (Å²) in [6, 6.07) is 2.90. The molecule has 0 radical (unpaired) electrons. The Morgan fingerprint density at radius 3 is 2.42 bits per heavy atom. The molecule has 1 fully saturated rings. The second kappa shape index (κ2) is 7.90. The summed E-state index contributed by atoms with van der Waals surface area (Å²) in [6.07, 6.45) is 1.99. The number of amides is 1. The summed E-state index contributed by atoms with van der Waals surface area (Å²) in [6.45, 7) is 6.92. The van der Waals surface area contributed by atoms with E-state index in [0.29, 0.717) is 28.9 Å². The van der Waals surface area contributed by atoms with Gasteiger partial charge >= 0.3 is 5.97 Å². The van der Waals surface area contributed by atoms with Crippen LogP contribution in [0.2, 0.25) is 0 Å². The lowest BCUT2D eigenvalue weighted by molar-refractivity contribution is -0.139. The molecular formula is C18H23NO6S. The first-order chi connectivity index (χ1) is 12.1. The fourth-order valence-corrected chi connectivity index (χ4v) is 4.89. The quantitative estimate of drug-likeness (QED) is 0.720. The van der Waals surface area contributed by atoms with Gasteiger partial charge in [0, 0.05) is 18.2 Å². The number of sulfone groups is 1. The number of rotatable bonds is 7. The van der Waals surface area contributed by atoms with Crippen molar-refractivity contribution in [3.63, 3.8) is 0 Å². The monoisotopic (exact) mass is 381 g/mol. The van der Waals surface area contributed by atoms with Crippen LogP contribution in [0, 0.1) is 13.8 Å². The third-order valence-corrected chi connectivity index (χ3v) is 6.03. The van der Waals surface area contributed by atoms with Gasteiger partial charge in [-0.2, -0.15) is 0 Å². The highest BCUT2D eigenvalue weighted by atomic mass is 32.2. The molecule has 1 amide bonds. The molecule has 0 aliphatic carbocycles. The Bertz CT molecular complexity index is 807. The minimum Gasteiger partial charge on any atom is -0.481 e. The van der Waals surface area contributed by atoms with Gasteiger partial charge in [-0.25, -0.2) is 13.2 Å². The van der Waals surface area contributed by atoms with Crippen molar-refractivity contribution < 1.29 is 27.9 Å². The van der Waals surface area contributed by atoms with Crippen LogP contribution in [0.25, 0.3) is 0 Å². The molecule has 7 nitrogen and oxygen atoms in total. The maximum absolute atomic E-state index is 13.0. The molecular weight excluding hydrogens is 358 g/mol. The topological polar surface area (TPSA) is 101 Å². The van der Waals surface area contributed by atoms with Gasteiger partial charge in [-0.3, -0.25) is 4.79 Å². The molecule has 1 aromatic carbocycles. The molecule has 1 heterocycles. The second-order valence-electron chi connectivity index (χ2n) is 6.42. The molecule has 2 rings (SSSR count). The Hall–Kier alpha value is -2.35. The molecule has 0 bridgehead atoms. The van der Waals surface area contributed by atoms with E-state index in [1.807, 2.05) is 0 Å². The van der Waals surface area contributed by atoms with Gasteiger partial charge in [-0.1, -0.05) is 6.08 Å². The second-order valence-corrected chi connectivity index (χ2v) is 8.65. The van der Waals surface area contributed by atoms with E-state index >= 15 is 0 Å². The molecule has 142 valence electrons. The Morgan fingerprint density at radius 2 is 1.96 bits per heavy atom. The number of hydrogen-bond donors (Lipinski definition) is 1. The summed E-state index contributed by atoms with van der Waals surface area (Å²) in [5.74, 6) is -0.877. The fourth-order valence-electron chi connectivity index (χ4n) is 3.16. The summed E-state index contributed by atoms with van der Waals surface area (Å²) in [5, 5.41) is 8.75. The van der Waals surface area contributed by atoms with Crippen LogP contribution in [0.5, 0.6) is 5.75 Å². The molecule has 0 aromatic heterocycles. The van der Waals surface area contributed by atoms with Gasteiger partial charge in [-0.05, 0) is 43.5 Å². The lowest BCUT2D eigenvalue weighted by Gasteiger charge is -2.27. The maximum Gasteiger partial charge on any atom is 0.341 e. The first-order valence-electron chi connectivity index (χ1n) is 8.22. The zero-order valence-corrected chi connectivity index (χ0v) is 15.7. The van der Waals surface area contributed by atoms with Crippen LogP contribution in [-0.4, -0.2) is 61.0 Å². The number of benzene rings is 1. The number of ether oxygens (including phenoxy) is 1. The van der Waals surface area contributed by atoms with E-state index in [2.05, 4.69) is 6.58 Å². The van der Waals surface area contributed by atoms with E-state index in [1.54, 1.807) is 32.1 Å². The van der Waals surface area contributed by atoms with Crippen molar-refractivity contribution in [3.8, 4) is 5.75 Å². The largest absolute Gasteiger partial charge is 0.481 e. The van der Waals surface area contributed by atoms with Gasteiger partial charge in [-0.15, -0.1) is 6.58 Å². The van der Waals surface area contributed by atoms with Crippen molar-refractivity contribution in [1.29, 1.82) is 0 Å². The molecule has 1 aliphatic rings. The number of aryl methyl sites for hydroxylation is 2. The molecule has 1 aromatic rings. The van der Waals surface area contributed by atoms with Crippen molar-refractivity contribution in [2.75, 3.05) is 24.7 Å². The van der Waals surface area contributed by atoms with Crippen LogP contribution in [0.4, 0.5) is 0 Å². The lowest BCUT2D eigenvalue weighted by Crippen LogP contribution is -2.41. The number of carbonyl (C=O) groups excluding carboxylic acids is 1. The summed E-state index contributed by atoms with van der Waals surface area (Å²) < 4.78 is 28.8. The summed E-state index contributed by atoms with van der Waals surface area (Å²) >= 11 is 0. The predicted molar refractivity (Wildman–Crippen MR) is 97.3 cm³/mol. The summed E-state index contributed by atoms with van der Waals surface area (Å²) in [5.41, 5.74) is 1.70. The van der Waals surface area contributed by atoms with Crippen LogP contribution in [-0.2, 0) is 14.6 Å². The van der Waals surface area contributed by atoms with E-state index in [-0.39, 0.29) is 30.0 Å². The first-order valence-corrected chi connectivity index (χ1v) is 10.0. The maximum atomic E-state index is 13.0. The van der Waals surface area contributed by atoms with Gasteiger partial charge in [0.1, 0.15) is 5.75 Å². The summed E-state index contributed by atoms with van der Waals surface area (Å²) in [4.78, 5) is 25.2. The molecule has 1 atom stereocenters. The van der Waals surface area contributed by atoms with Gasteiger partial charge in [0.2, 0.25) is 0 Å². The number of hydrogen-bond acceptors (Lipinski definition) is 5. The molecule has 1 N–H and O–H groups in total. The van der Waals surface area contributed by atoms with Crippen molar-refractivity contribution in [3.05, 3.63) is 41.5 Å². The molecule has 26 heavy (non-hydrogen) atoms. The highest BCUT2D eigenvalue weighted by molar-refractivity contribution is 7.91. The van der Waals surface area contributed by atoms with E-state index in [0.717, 1.165) is 0 Å². The van der Waals surface area contributed by atoms with E-state index in [4.69, 9.17) is 9.84 Å². The van der Waals surface area contributed by atoms with Crippen molar-refractivity contribution in [2.24, 2.45) is 0 Å². The van der Waals surface area contributed by atoms with Gasteiger partial charge < -0.3 is 14.7 Å². The third kappa shape index (κ3) is 4.63. The standard InChI is InChI=1S/C18H23NO6S/c1-4-6-19(15-5-7-26(23,24)11-15)18(22)14-8-12(2)17(13(3)9-14)25-10-16(20)21/h4,8-9,15H,1,5-7,10-11H2,2-3H3,(H,20,21). The zero-order chi connectivity index (χ0) is 19.5. The number of aliphatic carboxylic acids is 1. The number of carboxylic acids is 1. The van der Waals surface area contributed by atoms with Crippen LogP contribution in [0.1, 0.15) is 27.9 Å². The van der Waals surface area contributed by atoms with E-state index in [1.165, 1.54) is 4.90 Å². The summed E-state index contributed by atoms with van der Waals surface area (Å²) in [7, 11) is -3.12. The molecule has 0 saturated carbocycles. The SMILES string of the molecule is C=CCN(C(=O)c1cc(C)c(OCC(=O)O)c(C)c1)C1CCS(=O)(=O)C1. The Labute approximate surface area is 153 Å². The smallest absolute Gasteiger partial charge is 0.341 e. The molecule has 1 unspecified atom stereocenters. The lowest BCUT2D eigenvalue weighted by atomic mass is 10.0. The number of carbonyl (C=O) groups is 2. The molecule has 8 heteroatoms. The first kappa shape index (κ1) is 20.0. The van der Waals surface area contributed by atoms with Gasteiger partial charge in [0.05, 0.1) is 11.5 Å². The fraction of sp³-hybridized carbons (Fsp3) is 0.444. The van der Waals surface area contributed by atoms with Crippen LogP contribution in [0.15, 0.2) is 24.8 Å². The van der Waals surface area contributed by atoms with Crippen molar-refractivity contribution >= 4 is 21.7 Å². The molecule has 1 aliphatic heterocycles. The highest BCUT2D eigenvalue weighted by Gasteiger charge is 2.34. The zero-order valence-electron chi connectivity index (χ0n) is 14.9. The third-order valence-electron chi connectivity index (χ3n) is 4.28. The number of carboxylic acid groups (broad SMARTS) is 1. The van der Waals surface area contributed by atoms with Gasteiger partial charge in [0.15, 0.2) is 16.4 Å².